The maximum atomic E-state index is 12.1. The van der Waals surface area contributed by atoms with E-state index in [1.165, 1.54) is 6.21 Å². The summed E-state index contributed by atoms with van der Waals surface area (Å²) in [6.07, 6.45) is 0.750. The van der Waals surface area contributed by atoms with Crippen LogP contribution in [0.15, 0.2) is 53.7 Å². The largest absolute Gasteiger partial charge is 0.494 e. The Morgan fingerprint density at radius 2 is 2.08 bits per heavy atom. The molecular formula is C19H19N3O3. The molecule has 0 aliphatic rings. The number of nitrogens with one attached hydrogen (secondary N) is 1. The van der Waals surface area contributed by atoms with E-state index in [1.54, 1.807) is 31.2 Å². The molecule has 6 nitrogen and oxygen atoms in total. The highest BCUT2D eigenvalue weighted by molar-refractivity contribution is 5.94. The number of hydrogen-bond acceptors (Lipinski definition) is 5. The SMILES string of the molecule is CCOc1ccc(/C=N\O[C@@H](C)C(=O)Nc2cccc(C#N)c2)cc1. The first-order chi connectivity index (χ1) is 12.1. The lowest BCUT2D eigenvalue weighted by molar-refractivity contribution is -0.126. The van der Waals surface area contributed by atoms with Crippen LogP contribution in [0.3, 0.4) is 0 Å². The maximum Gasteiger partial charge on any atom is 0.267 e. The Morgan fingerprint density at radius 1 is 1.32 bits per heavy atom. The lowest BCUT2D eigenvalue weighted by Gasteiger charge is -2.10. The molecule has 0 aromatic heterocycles. The average Bonchev–Trinajstić information content (AvgIpc) is 2.63. The fraction of sp³-hybridized carbons (Fsp3) is 0.211. The van der Waals surface area contributed by atoms with E-state index in [2.05, 4.69) is 10.5 Å². The maximum absolute atomic E-state index is 12.1. The number of carbonyl (C=O) groups is 1. The number of nitrogens with zero attached hydrogens (tertiary/aromatic N) is 2. The van der Waals surface area contributed by atoms with Gasteiger partial charge in [0.05, 0.1) is 24.5 Å². The number of ether oxygens (including phenoxy) is 1. The summed E-state index contributed by atoms with van der Waals surface area (Å²) in [5.74, 6) is 0.437. The van der Waals surface area contributed by atoms with Crippen LogP contribution < -0.4 is 10.1 Å². The summed E-state index contributed by atoms with van der Waals surface area (Å²) in [5.41, 5.74) is 1.84. The van der Waals surface area contributed by atoms with Crippen LogP contribution >= 0.6 is 0 Å². The Morgan fingerprint density at radius 3 is 2.76 bits per heavy atom. The highest BCUT2D eigenvalue weighted by atomic mass is 16.6. The van der Waals surface area contributed by atoms with Crippen LogP contribution in [0.1, 0.15) is 25.0 Å². The number of anilines is 1. The Kier molecular flexibility index (Phi) is 6.55. The van der Waals surface area contributed by atoms with Crippen molar-refractivity contribution in [3.05, 3.63) is 59.7 Å². The molecule has 1 atom stereocenters. The first-order valence-corrected chi connectivity index (χ1v) is 7.85. The molecule has 0 radical (unpaired) electrons. The monoisotopic (exact) mass is 337 g/mol. The number of benzene rings is 2. The number of amides is 1. The summed E-state index contributed by atoms with van der Waals surface area (Å²) >= 11 is 0. The van der Waals surface area contributed by atoms with Crippen molar-refractivity contribution in [1.82, 2.24) is 0 Å². The van der Waals surface area contributed by atoms with Crippen LogP contribution in [0.4, 0.5) is 5.69 Å². The molecule has 1 N–H and O–H groups in total. The lowest BCUT2D eigenvalue weighted by Crippen LogP contribution is -2.26. The highest BCUT2D eigenvalue weighted by Crippen LogP contribution is 2.12. The van der Waals surface area contributed by atoms with Crippen molar-refractivity contribution in [2.24, 2.45) is 5.16 Å². The zero-order valence-corrected chi connectivity index (χ0v) is 14.1. The molecule has 0 aliphatic carbocycles. The second kappa shape index (κ2) is 9.08. The predicted octanol–water partition coefficient (Wildman–Crippen LogP) is 3.33. The summed E-state index contributed by atoms with van der Waals surface area (Å²) < 4.78 is 5.36. The number of rotatable bonds is 7. The first-order valence-electron chi connectivity index (χ1n) is 7.85. The van der Waals surface area contributed by atoms with Crippen molar-refractivity contribution < 1.29 is 14.4 Å². The van der Waals surface area contributed by atoms with Gasteiger partial charge in [-0.1, -0.05) is 11.2 Å². The van der Waals surface area contributed by atoms with Gasteiger partial charge in [-0.15, -0.1) is 0 Å². The van der Waals surface area contributed by atoms with E-state index in [4.69, 9.17) is 14.8 Å². The fourth-order valence-corrected chi connectivity index (χ4v) is 1.96. The van der Waals surface area contributed by atoms with Gasteiger partial charge in [-0.25, -0.2) is 0 Å². The Balaban J connectivity index is 1.87. The van der Waals surface area contributed by atoms with E-state index in [0.29, 0.717) is 17.9 Å². The summed E-state index contributed by atoms with van der Waals surface area (Å²) in [6.45, 7) is 4.13. The minimum atomic E-state index is -0.773. The molecule has 25 heavy (non-hydrogen) atoms. The summed E-state index contributed by atoms with van der Waals surface area (Å²) in [5, 5.41) is 15.4. The van der Waals surface area contributed by atoms with Crippen molar-refractivity contribution >= 4 is 17.8 Å². The second-order valence-corrected chi connectivity index (χ2v) is 5.17. The molecule has 0 heterocycles. The standard InChI is InChI=1S/C19H19N3O3/c1-3-24-18-9-7-15(8-10-18)13-21-25-14(2)19(23)22-17-6-4-5-16(11-17)12-20/h4-11,13-14H,3H2,1-2H3,(H,22,23)/b21-13-/t14-/m0/s1. The molecule has 6 heteroatoms. The molecule has 1 amide bonds. The van der Waals surface area contributed by atoms with Gasteiger partial charge < -0.3 is 14.9 Å². The molecule has 0 bridgehead atoms. The molecule has 0 saturated carbocycles. The average molecular weight is 337 g/mol. The summed E-state index contributed by atoms with van der Waals surface area (Å²) in [7, 11) is 0. The van der Waals surface area contributed by atoms with Gasteiger partial charge in [-0.3, -0.25) is 4.79 Å². The van der Waals surface area contributed by atoms with E-state index in [1.807, 2.05) is 37.3 Å². The highest BCUT2D eigenvalue weighted by Gasteiger charge is 2.14. The Hall–Kier alpha value is -3.33. The van der Waals surface area contributed by atoms with Gasteiger partial charge in [0.1, 0.15) is 5.75 Å². The Bertz CT molecular complexity index is 779. The number of nitriles is 1. The van der Waals surface area contributed by atoms with Crippen molar-refractivity contribution in [3.63, 3.8) is 0 Å². The quantitative estimate of drug-likeness (QED) is 0.620. The van der Waals surface area contributed by atoms with Crippen LogP contribution in [-0.2, 0) is 9.63 Å². The van der Waals surface area contributed by atoms with Gasteiger partial charge in [-0.2, -0.15) is 5.26 Å². The predicted molar refractivity (Wildman–Crippen MR) is 95.5 cm³/mol. The number of carbonyl (C=O) groups excluding carboxylic acids is 1. The van der Waals surface area contributed by atoms with Crippen molar-refractivity contribution in [3.8, 4) is 11.8 Å². The van der Waals surface area contributed by atoms with Crippen LogP contribution in [-0.4, -0.2) is 24.8 Å². The third-order valence-electron chi connectivity index (χ3n) is 3.24. The van der Waals surface area contributed by atoms with Crippen molar-refractivity contribution in [2.45, 2.75) is 20.0 Å². The molecule has 0 fully saturated rings. The van der Waals surface area contributed by atoms with Crippen LogP contribution in [0.2, 0.25) is 0 Å². The molecule has 0 saturated heterocycles. The van der Waals surface area contributed by atoms with Crippen molar-refractivity contribution in [1.29, 1.82) is 5.26 Å². The van der Waals surface area contributed by atoms with E-state index in [-0.39, 0.29) is 5.91 Å². The zero-order valence-electron chi connectivity index (χ0n) is 14.1. The Labute approximate surface area is 146 Å². The third-order valence-corrected chi connectivity index (χ3v) is 3.24. The van der Waals surface area contributed by atoms with Gasteiger partial charge in [0, 0.05) is 5.69 Å². The first kappa shape index (κ1) is 18.0. The third kappa shape index (κ3) is 5.66. The van der Waals surface area contributed by atoms with Gasteiger partial charge in [0.2, 0.25) is 6.10 Å². The van der Waals surface area contributed by atoms with Gasteiger partial charge >= 0.3 is 0 Å². The normalized spacial score (nSPS) is 11.6. The second-order valence-electron chi connectivity index (χ2n) is 5.17. The van der Waals surface area contributed by atoms with E-state index in [0.717, 1.165) is 11.3 Å². The molecule has 2 aromatic rings. The lowest BCUT2D eigenvalue weighted by atomic mass is 10.2. The van der Waals surface area contributed by atoms with Gasteiger partial charge in [0.25, 0.3) is 5.91 Å². The molecule has 128 valence electrons. The molecule has 0 spiro atoms. The summed E-state index contributed by atoms with van der Waals surface area (Å²) in [6, 6.07) is 16.0. The number of oxime groups is 1. The summed E-state index contributed by atoms with van der Waals surface area (Å²) in [4.78, 5) is 17.2. The molecule has 0 aliphatic heterocycles. The van der Waals surface area contributed by atoms with E-state index < -0.39 is 6.10 Å². The zero-order chi connectivity index (χ0) is 18.1. The smallest absolute Gasteiger partial charge is 0.267 e. The van der Waals surface area contributed by atoms with E-state index in [9.17, 15) is 4.79 Å². The molecule has 2 rings (SSSR count). The minimum absolute atomic E-state index is 0.348. The fourth-order valence-electron chi connectivity index (χ4n) is 1.96. The molecule has 0 unspecified atom stereocenters. The molecule has 2 aromatic carbocycles. The van der Waals surface area contributed by atoms with Crippen LogP contribution in [0.5, 0.6) is 5.75 Å². The molecular weight excluding hydrogens is 318 g/mol. The number of hydrogen-bond donors (Lipinski definition) is 1. The van der Waals surface area contributed by atoms with Gasteiger partial charge in [0.15, 0.2) is 0 Å². The van der Waals surface area contributed by atoms with Gasteiger partial charge in [-0.05, 0) is 61.9 Å². The minimum Gasteiger partial charge on any atom is -0.494 e. The van der Waals surface area contributed by atoms with Crippen molar-refractivity contribution in [2.75, 3.05) is 11.9 Å². The van der Waals surface area contributed by atoms with Crippen LogP contribution in [0.25, 0.3) is 0 Å². The topological polar surface area (TPSA) is 83.7 Å². The van der Waals surface area contributed by atoms with E-state index >= 15 is 0 Å². The van der Waals surface area contributed by atoms with Crippen LogP contribution in [0, 0.1) is 11.3 Å².